The summed E-state index contributed by atoms with van der Waals surface area (Å²) in [5.41, 5.74) is 1.90. The molecule has 1 saturated heterocycles. The van der Waals surface area contributed by atoms with Crippen molar-refractivity contribution in [2.75, 3.05) is 33.3 Å². The highest BCUT2D eigenvalue weighted by molar-refractivity contribution is 5.94. The second kappa shape index (κ2) is 8.22. The third kappa shape index (κ3) is 4.17. The molecule has 4 nitrogen and oxygen atoms in total. The molecule has 1 heterocycles. The van der Waals surface area contributed by atoms with E-state index >= 15 is 0 Å². The zero-order valence-corrected chi connectivity index (χ0v) is 16.0. The highest BCUT2D eigenvalue weighted by Gasteiger charge is 2.27. The molecule has 2 fully saturated rings. The maximum Gasteiger partial charge on any atom is 0.254 e. The Kier molecular flexibility index (Phi) is 6.00. The molecule has 1 saturated carbocycles. The lowest BCUT2D eigenvalue weighted by Crippen LogP contribution is -2.52. The minimum Gasteiger partial charge on any atom is -0.496 e. The van der Waals surface area contributed by atoms with Crippen LogP contribution in [0.5, 0.6) is 5.75 Å². The molecule has 1 amide bonds. The van der Waals surface area contributed by atoms with Gasteiger partial charge in [0.25, 0.3) is 5.91 Å². The van der Waals surface area contributed by atoms with Gasteiger partial charge in [-0.15, -0.1) is 0 Å². The van der Waals surface area contributed by atoms with E-state index in [1.807, 2.05) is 23.1 Å². The molecule has 0 atom stereocenters. The van der Waals surface area contributed by atoms with Crippen LogP contribution in [0.25, 0.3) is 0 Å². The number of nitrogens with zero attached hydrogens (tertiary/aromatic N) is 2. The van der Waals surface area contributed by atoms with Gasteiger partial charge in [0.05, 0.1) is 7.11 Å². The van der Waals surface area contributed by atoms with Gasteiger partial charge in [-0.05, 0) is 36.5 Å². The van der Waals surface area contributed by atoms with Crippen LogP contribution in [-0.4, -0.2) is 55.0 Å². The molecule has 0 N–H and O–H groups in total. The number of piperazine rings is 1. The van der Waals surface area contributed by atoms with E-state index in [1.165, 1.54) is 32.1 Å². The fourth-order valence-corrected chi connectivity index (χ4v) is 4.24. The number of benzene rings is 1. The van der Waals surface area contributed by atoms with Crippen LogP contribution >= 0.6 is 0 Å². The molecule has 4 heteroatoms. The molecule has 1 aliphatic carbocycles. The topological polar surface area (TPSA) is 32.8 Å². The van der Waals surface area contributed by atoms with Crippen LogP contribution in [0.3, 0.4) is 0 Å². The van der Waals surface area contributed by atoms with E-state index in [-0.39, 0.29) is 5.91 Å². The third-order valence-electron chi connectivity index (χ3n) is 5.80. The standard InChI is InChI=1S/C21H32N2O2/c1-16(2)19-10-9-17(15-20(19)25-3)21(24)23-13-11-22(12-14-23)18-7-5-4-6-8-18/h9-10,15-16,18H,4-8,11-14H2,1-3H3. The Labute approximate surface area is 152 Å². The van der Waals surface area contributed by atoms with Gasteiger partial charge >= 0.3 is 0 Å². The Morgan fingerprint density at radius 1 is 1.08 bits per heavy atom. The van der Waals surface area contributed by atoms with Crippen LogP contribution in [0.1, 0.15) is 67.8 Å². The molecule has 0 unspecified atom stereocenters. The molecular weight excluding hydrogens is 312 g/mol. The summed E-state index contributed by atoms with van der Waals surface area (Å²) in [4.78, 5) is 17.5. The summed E-state index contributed by atoms with van der Waals surface area (Å²) < 4.78 is 5.50. The predicted octanol–water partition coefficient (Wildman–Crippen LogP) is 3.91. The quantitative estimate of drug-likeness (QED) is 0.830. The van der Waals surface area contributed by atoms with Crippen molar-refractivity contribution >= 4 is 5.91 Å². The van der Waals surface area contributed by atoms with E-state index in [0.29, 0.717) is 5.92 Å². The molecule has 138 valence electrons. The minimum absolute atomic E-state index is 0.136. The van der Waals surface area contributed by atoms with E-state index in [0.717, 1.165) is 49.1 Å². The Bertz CT molecular complexity index is 586. The first-order chi connectivity index (χ1) is 12.1. The molecule has 3 rings (SSSR count). The SMILES string of the molecule is COc1cc(C(=O)N2CCN(C3CCCCC3)CC2)ccc1C(C)C. The Hall–Kier alpha value is -1.55. The summed E-state index contributed by atoms with van der Waals surface area (Å²) in [6.45, 7) is 7.98. The van der Waals surface area contributed by atoms with Gasteiger partial charge in [0.1, 0.15) is 5.75 Å². The maximum absolute atomic E-state index is 12.9. The highest BCUT2D eigenvalue weighted by Crippen LogP contribution is 2.28. The largest absolute Gasteiger partial charge is 0.496 e. The van der Waals surface area contributed by atoms with Crippen LogP contribution in [0.2, 0.25) is 0 Å². The first-order valence-electron chi connectivity index (χ1n) is 9.81. The van der Waals surface area contributed by atoms with Crippen molar-refractivity contribution < 1.29 is 9.53 Å². The highest BCUT2D eigenvalue weighted by atomic mass is 16.5. The van der Waals surface area contributed by atoms with Gasteiger partial charge in [0.15, 0.2) is 0 Å². The van der Waals surface area contributed by atoms with Gasteiger partial charge in [0, 0.05) is 37.8 Å². The molecule has 0 bridgehead atoms. The number of carbonyl (C=O) groups excluding carboxylic acids is 1. The zero-order chi connectivity index (χ0) is 17.8. The van der Waals surface area contributed by atoms with E-state index < -0.39 is 0 Å². The summed E-state index contributed by atoms with van der Waals surface area (Å²) in [5, 5.41) is 0. The number of ether oxygens (including phenoxy) is 1. The van der Waals surface area contributed by atoms with Gasteiger partial charge in [0.2, 0.25) is 0 Å². The van der Waals surface area contributed by atoms with Crippen molar-refractivity contribution in [3.05, 3.63) is 29.3 Å². The molecule has 0 spiro atoms. The van der Waals surface area contributed by atoms with Crippen molar-refractivity contribution in [3.8, 4) is 5.75 Å². The van der Waals surface area contributed by atoms with E-state index in [2.05, 4.69) is 18.7 Å². The van der Waals surface area contributed by atoms with Crippen molar-refractivity contribution in [2.45, 2.75) is 57.9 Å². The summed E-state index contributed by atoms with van der Waals surface area (Å²) in [5.74, 6) is 1.34. The molecule has 2 aliphatic rings. The molecule has 1 aromatic rings. The molecule has 1 aromatic carbocycles. The molecule has 25 heavy (non-hydrogen) atoms. The Balaban J connectivity index is 1.62. The predicted molar refractivity (Wildman–Crippen MR) is 101 cm³/mol. The number of hydrogen-bond acceptors (Lipinski definition) is 3. The monoisotopic (exact) mass is 344 g/mol. The first-order valence-corrected chi connectivity index (χ1v) is 9.81. The lowest BCUT2D eigenvalue weighted by molar-refractivity contribution is 0.0523. The molecular formula is C21H32N2O2. The van der Waals surface area contributed by atoms with Crippen molar-refractivity contribution in [1.29, 1.82) is 0 Å². The van der Waals surface area contributed by atoms with Crippen molar-refractivity contribution in [1.82, 2.24) is 9.80 Å². The summed E-state index contributed by atoms with van der Waals surface area (Å²) in [6.07, 6.45) is 6.80. The molecule has 0 aromatic heterocycles. The van der Waals surface area contributed by atoms with E-state index in [1.54, 1.807) is 7.11 Å². The fraction of sp³-hybridized carbons (Fsp3) is 0.667. The number of carbonyl (C=O) groups is 1. The maximum atomic E-state index is 12.9. The van der Waals surface area contributed by atoms with E-state index in [9.17, 15) is 4.79 Å². The summed E-state index contributed by atoms with van der Waals surface area (Å²) >= 11 is 0. The van der Waals surface area contributed by atoms with E-state index in [4.69, 9.17) is 4.74 Å². The van der Waals surface area contributed by atoms with Crippen molar-refractivity contribution in [3.63, 3.8) is 0 Å². The van der Waals surface area contributed by atoms with Gasteiger partial charge in [-0.1, -0.05) is 39.2 Å². The second-order valence-electron chi connectivity index (χ2n) is 7.73. The van der Waals surface area contributed by atoms with Crippen LogP contribution in [0, 0.1) is 0 Å². The average molecular weight is 344 g/mol. The lowest BCUT2D eigenvalue weighted by atomic mass is 9.94. The number of amides is 1. The third-order valence-corrected chi connectivity index (χ3v) is 5.80. The molecule has 0 radical (unpaired) electrons. The minimum atomic E-state index is 0.136. The van der Waals surface area contributed by atoms with Gasteiger partial charge in [-0.2, -0.15) is 0 Å². The average Bonchev–Trinajstić information content (AvgIpc) is 2.67. The first kappa shape index (κ1) is 18.2. The summed E-state index contributed by atoms with van der Waals surface area (Å²) in [6, 6.07) is 6.64. The van der Waals surface area contributed by atoms with Crippen molar-refractivity contribution in [2.24, 2.45) is 0 Å². The smallest absolute Gasteiger partial charge is 0.254 e. The second-order valence-corrected chi connectivity index (χ2v) is 7.73. The Morgan fingerprint density at radius 2 is 1.76 bits per heavy atom. The van der Waals surface area contributed by atoms with Crippen LogP contribution in [0.4, 0.5) is 0 Å². The van der Waals surface area contributed by atoms with Gasteiger partial charge in [-0.3, -0.25) is 9.69 Å². The van der Waals surface area contributed by atoms with Crippen LogP contribution < -0.4 is 4.74 Å². The fourth-order valence-electron chi connectivity index (χ4n) is 4.24. The zero-order valence-electron chi connectivity index (χ0n) is 16.0. The number of methoxy groups -OCH3 is 1. The normalized spacial score (nSPS) is 20.1. The van der Waals surface area contributed by atoms with Gasteiger partial charge < -0.3 is 9.64 Å². The number of hydrogen-bond donors (Lipinski definition) is 0. The van der Waals surface area contributed by atoms with Gasteiger partial charge in [-0.25, -0.2) is 0 Å². The number of rotatable bonds is 4. The van der Waals surface area contributed by atoms with Crippen LogP contribution in [-0.2, 0) is 0 Å². The molecule has 1 aliphatic heterocycles. The lowest BCUT2D eigenvalue weighted by Gasteiger charge is -2.40. The summed E-state index contributed by atoms with van der Waals surface area (Å²) in [7, 11) is 1.68. The Morgan fingerprint density at radius 3 is 2.36 bits per heavy atom. The van der Waals surface area contributed by atoms with Crippen LogP contribution in [0.15, 0.2) is 18.2 Å².